The predicted molar refractivity (Wildman–Crippen MR) is 104 cm³/mol. The highest BCUT2D eigenvalue weighted by Crippen LogP contribution is 2.30. The van der Waals surface area contributed by atoms with Crippen LogP contribution in [0.25, 0.3) is 0 Å². The number of nitrogens with zero attached hydrogens (tertiary/aromatic N) is 2. The summed E-state index contributed by atoms with van der Waals surface area (Å²) in [7, 11) is 1.64. The van der Waals surface area contributed by atoms with Crippen LogP contribution in [0.2, 0.25) is 0 Å². The van der Waals surface area contributed by atoms with Crippen molar-refractivity contribution >= 4 is 28.7 Å². The summed E-state index contributed by atoms with van der Waals surface area (Å²) in [5.74, 6) is 0.814. The summed E-state index contributed by atoms with van der Waals surface area (Å²) in [6.07, 6.45) is -4.34. The Morgan fingerprint density at radius 2 is 1.70 bits per heavy atom. The first kappa shape index (κ1) is 19.3. The third kappa shape index (κ3) is 4.82. The van der Waals surface area contributed by atoms with Crippen LogP contribution in [0.3, 0.4) is 0 Å². The first-order chi connectivity index (χ1) is 12.9. The Kier molecular flexibility index (Phi) is 5.74. The van der Waals surface area contributed by atoms with Crippen molar-refractivity contribution in [3.63, 3.8) is 0 Å². The minimum Gasteiger partial charge on any atom is -0.497 e. The van der Waals surface area contributed by atoms with Crippen LogP contribution in [-0.2, 0) is 6.18 Å². The van der Waals surface area contributed by atoms with Crippen molar-refractivity contribution in [1.82, 2.24) is 4.90 Å². The Hall–Kier alpha value is -2.48. The zero-order valence-electron chi connectivity index (χ0n) is 14.8. The van der Waals surface area contributed by atoms with Crippen LogP contribution in [0.1, 0.15) is 5.56 Å². The second-order valence-corrected chi connectivity index (χ2v) is 6.57. The average Bonchev–Trinajstić information content (AvgIpc) is 2.68. The molecule has 3 rings (SSSR count). The van der Waals surface area contributed by atoms with Gasteiger partial charge in [-0.1, -0.05) is 6.07 Å². The SMILES string of the molecule is COc1cccc(N2CCN(C(=S)Nc3ccc(C(F)(F)F)cc3)CC2)c1. The second-order valence-electron chi connectivity index (χ2n) is 6.18. The molecule has 1 aliphatic rings. The van der Waals surface area contributed by atoms with Crippen molar-refractivity contribution in [2.24, 2.45) is 0 Å². The molecule has 8 heteroatoms. The number of anilines is 2. The van der Waals surface area contributed by atoms with E-state index in [1.54, 1.807) is 7.11 Å². The van der Waals surface area contributed by atoms with E-state index in [1.807, 2.05) is 29.2 Å². The van der Waals surface area contributed by atoms with Gasteiger partial charge in [0.25, 0.3) is 0 Å². The highest BCUT2D eigenvalue weighted by Gasteiger charge is 2.30. The molecule has 0 bridgehead atoms. The minimum absolute atomic E-state index is 0.514. The van der Waals surface area contributed by atoms with Crippen molar-refractivity contribution in [3.8, 4) is 5.75 Å². The largest absolute Gasteiger partial charge is 0.497 e. The Morgan fingerprint density at radius 1 is 1.04 bits per heavy atom. The number of hydrogen-bond acceptors (Lipinski definition) is 3. The maximum atomic E-state index is 12.6. The molecule has 2 aromatic rings. The fraction of sp³-hybridized carbons (Fsp3) is 0.316. The predicted octanol–water partition coefficient (Wildman–Crippen LogP) is 4.23. The van der Waals surface area contributed by atoms with Crippen molar-refractivity contribution in [2.45, 2.75) is 6.18 Å². The zero-order chi connectivity index (χ0) is 19.4. The van der Waals surface area contributed by atoms with Crippen molar-refractivity contribution in [1.29, 1.82) is 0 Å². The molecule has 0 amide bonds. The van der Waals surface area contributed by atoms with E-state index in [0.29, 0.717) is 10.8 Å². The van der Waals surface area contributed by atoms with Crippen LogP contribution in [0, 0.1) is 0 Å². The first-order valence-corrected chi connectivity index (χ1v) is 8.90. The van der Waals surface area contributed by atoms with Gasteiger partial charge in [-0.25, -0.2) is 0 Å². The molecule has 0 aliphatic carbocycles. The summed E-state index contributed by atoms with van der Waals surface area (Å²) in [6, 6.07) is 12.8. The van der Waals surface area contributed by atoms with Crippen LogP contribution in [0.4, 0.5) is 24.5 Å². The molecule has 0 unspecified atom stereocenters. The lowest BCUT2D eigenvalue weighted by Gasteiger charge is -2.37. The van der Waals surface area contributed by atoms with Crippen LogP contribution in [0.15, 0.2) is 48.5 Å². The van der Waals surface area contributed by atoms with Gasteiger partial charge in [-0.2, -0.15) is 13.2 Å². The summed E-state index contributed by atoms with van der Waals surface area (Å²) in [5, 5.41) is 3.53. The lowest BCUT2D eigenvalue weighted by molar-refractivity contribution is -0.137. The Labute approximate surface area is 161 Å². The fourth-order valence-electron chi connectivity index (χ4n) is 2.92. The number of thiocarbonyl (C=S) groups is 1. The van der Waals surface area contributed by atoms with Gasteiger partial charge >= 0.3 is 6.18 Å². The van der Waals surface area contributed by atoms with Crippen molar-refractivity contribution in [3.05, 3.63) is 54.1 Å². The van der Waals surface area contributed by atoms with Gasteiger partial charge in [-0.05, 0) is 48.6 Å². The van der Waals surface area contributed by atoms with Crippen molar-refractivity contribution in [2.75, 3.05) is 43.5 Å². The molecule has 1 fully saturated rings. The Morgan fingerprint density at radius 3 is 2.30 bits per heavy atom. The van der Waals surface area contributed by atoms with Gasteiger partial charge in [0.05, 0.1) is 12.7 Å². The molecule has 1 aliphatic heterocycles. The van der Waals surface area contributed by atoms with E-state index >= 15 is 0 Å². The van der Waals surface area contributed by atoms with Gasteiger partial charge in [0.2, 0.25) is 0 Å². The van der Waals surface area contributed by atoms with Gasteiger partial charge in [-0.15, -0.1) is 0 Å². The summed E-state index contributed by atoms with van der Waals surface area (Å²) in [5.41, 5.74) is 0.963. The minimum atomic E-state index is -4.34. The lowest BCUT2D eigenvalue weighted by Crippen LogP contribution is -2.50. The molecule has 144 valence electrons. The van der Waals surface area contributed by atoms with E-state index in [1.165, 1.54) is 12.1 Å². The molecule has 27 heavy (non-hydrogen) atoms. The average molecular weight is 395 g/mol. The van der Waals surface area contributed by atoms with Crippen LogP contribution in [0.5, 0.6) is 5.75 Å². The molecule has 0 aromatic heterocycles. The second kappa shape index (κ2) is 8.04. The molecular weight excluding hydrogens is 375 g/mol. The Balaban J connectivity index is 1.55. The summed E-state index contributed by atoms with van der Waals surface area (Å²) < 4.78 is 43.2. The standard InChI is InChI=1S/C19H20F3N3OS/c1-26-17-4-2-3-16(13-17)24-9-11-25(12-10-24)18(27)23-15-7-5-14(6-8-15)19(20,21)22/h2-8,13H,9-12H2,1H3,(H,23,27). The summed E-state index contributed by atoms with van der Waals surface area (Å²) in [4.78, 5) is 4.27. The molecule has 4 nitrogen and oxygen atoms in total. The molecule has 0 atom stereocenters. The van der Waals surface area contributed by atoms with Gasteiger partial charge in [-0.3, -0.25) is 0 Å². The summed E-state index contributed by atoms with van der Waals surface area (Å²) >= 11 is 5.41. The van der Waals surface area contributed by atoms with E-state index in [9.17, 15) is 13.2 Å². The first-order valence-electron chi connectivity index (χ1n) is 8.49. The van der Waals surface area contributed by atoms with Gasteiger partial charge in [0, 0.05) is 43.6 Å². The fourth-order valence-corrected chi connectivity index (χ4v) is 3.22. The van der Waals surface area contributed by atoms with Crippen LogP contribution < -0.4 is 15.0 Å². The van der Waals surface area contributed by atoms with Gasteiger partial charge < -0.3 is 19.9 Å². The number of benzene rings is 2. The molecule has 0 radical (unpaired) electrons. The highest BCUT2D eigenvalue weighted by molar-refractivity contribution is 7.80. The zero-order valence-corrected chi connectivity index (χ0v) is 15.6. The number of rotatable bonds is 3. The van der Waals surface area contributed by atoms with E-state index in [-0.39, 0.29) is 0 Å². The number of nitrogens with one attached hydrogen (secondary N) is 1. The van der Waals surface area contributed by atoms with E-state index in [2.05, 4.69) is 10.2 Å². The Bertz CT molecular complexity index is 788. The number of methoxy groups -OCH3 is 1. The highest BCUT2D eigenvalue weighted by atomic mass is 32.1. The maximum Gasteiger partial charge on any atom is 0.416 e. The number of hydrogen-bond donors (Lipinski definition) is 1. The molecule has 1 heterocycles. The van der Waals surface area contributed by atoms with Crippen LogP contribution in [-0.4, -0.2) is 43.3 Å². The van der Waals surface area contributed by atoms with Gasteiger partial charge in [0.15, 0.2) is 5.11 Å². The maximum absolute atomic E-state index is 12.6. The monoisotopic (exact) mass is 395 g/mol. The van der Waals surface area contributed by atoms with E-state index in [4.69, 9.17) is 17.0 Å². The molecule has 1 saturated heterocycles. The normalized spacial score (nSPS) is 14.8. The van der Waals surface area contributed by atoms with Crippen molar-refractivity contribution < 1.29 is 17.9 Å². The van der Waals surface area contributed by atoms with Gasteiger partial charge in [0.1, 0.15) is 5.75 Å². The third-order valence-electron chi connectivity index (χ3n) is 4.45. The molecular formula is C19H20F3N3OS. The molecule has 0 saturated carbocycles. The lowest BCUT2D eigenvalue weighted by atomic mass is 10.2. The number of alkyl halides is 3. The van der Waals surface area contributed by atoms with Crippen LogP contribution >= 0.6 is 12.2 Å². The topological polar surface area (TPSA) is 27.7 Å². The van der Waals surface area contributed by atoms with E-state index in [0.717, 1.165) is 49.7 Å². The number of piperazine rings is 1. The molecule has 1 N–H and O–H groups in total. The molecule has 2 aromatic carbocycles. The molecule has 0 spiro atoms. The summed E-state index contributed by atoms with van der Waals surface area (Å²) in [6.45, 7) is 3.04. The van der Waals surface area contributed by atoms with E-state index < -0.39 is 11.7 Å². The smallest absolute Gasteiger partial charge is 0.416 e. The number of halogens is 3. The third-order valence-corrected chi connectivity index (χ3v) is 4.81. The quantitative estimate of drug-likeness (QED) is 0.785. The number of ether oxygens (including phenoxy) is 1.